The lowest BCUT2D eigenvalue weighted by molar-refractivity contribution is 0.0686. The average molecular weight is 617 g/mol. The van der Waals surface area contributed by atoms with E-state index in [-0.39, 0.29) is 46.8 Å². The molecule has 0 bridgehead atoms. The maximum absolute atomic E-state index is 11.4. The number of aromatic carboxylic acids is 2. The van der Waals surface area contributed by atoms with Crippen LogP contribution in [0.3, 0.4) is 0 Å². The summed E-state index contributed by atoms with van der Waals surface area (Å²) in [6.45, 7) is 0. The van der Waals surface area contributed by atoms with Gasteiger partial charge in [-0.2, -0.15) is 29.9 Å². The Labute approximate surface area is 259 Å². The van der Waals surface area contributed by atoms with E-state index in [1.165, 1.54) is 24.3 Å². The number of aromatic nitrogens is 6. The fourth-order valence-electron chi connectivity index (χ4n) is 4.52. The summed E-state index contributed by atoms with van der Waals surface area (Å²) in [5.41, 5.74) is 14.3. The molecule has 0 aliphatic carbocycles. The Hall–Kier alpha value is -7.10. The van der Waals surface area contributed by atoms with Crippen molar-refractivity contribution in [2.24, 2.45) is 0 Å². The van der Waals surface area contributed by atoms with E-state index in [0.717, 1.165) is 10.8 Å². The minimum absolute atomic E-state index is 0.0671. The maximum Gasteiger partial charge on any atom is 0.335 e. The molecular weight excluding hydrogens is 592 g/mol. The minimum atomic E-state index is -1.07. The summed E-state index contributed by atoms with van der Waals surface area (Å²) >= 11 is 0. The van der Waals surface area contributed by atoms with Crippen molar-refractivity contribution in [3.63, 3.8) is 0 Å². The number of nitrogens with zero attached hydrogens (tertiary/aromatic N) is 6. The minimum Gasteiger partial charge on any atom is -0.478 e. The van der Waals surface area contributed by atoms with E-state index in [0.29, 0.717) is 22.7 Å². The number of hydrogen-bond donors (Lipinski definition) is 8. The normalized spacial score (nSPS) is 10.7. The van der Waals surface area contributed by atoms with Crippen LogP contribution in [-0.2, 0) is 0 Å². The maximum atomic E-state index is 11.4. The Morgan fingerprint density at radius 2 is 0.913 bits per heavy atom. The van der Waals surface area contributed by atoms with Crippen LogP contribution < -0.4 is 32.7 Å². The van der Waals surface area contributed by atoms with Crippen LogP contribution in [0.2, 0.25) is 0 Å². The number of rotatable bonds is 10. The van der Waals surface area contributed by atoms with Gasteiger partial charge >= 0.3 is 11.9 Å². The number of anilines is 10. The number of carboxylic acid groups (broad SMARTS) is 2. The van der Waals surface area contributed by atoms with Crippen LogP contribution in [0.5, 0.6) is 0 Å². The summed E-state index contributed by atoms with van der Waals surface area (Å²) in [7, 11) is 0. The van der Waals surface area contributed by atoms with Gasteiger partial charge in [-0.25, -0.2) is 9.59 Å². The zero-order valence-corrected chi connectivity index (χ0v) is 23.6. The summed E-state index contributed by atoms with van der Waals surface area (Å²) in [5.74, 6) is -1.81. The zero-order valence-electron chi connectivity index (χ0n) is 23.6. The zero-order chi connectivity index (χ0) is 32.2. The van der Waals surface area contributed by atoms with Crippen molar-refractivity contribution < 1.29 is 19.8 Å². The summed E-state index contributed by atoms with van der Waals surface area (Å²) in [6, 6.07) is 23.5. The van der Waals surface area contributed by atoms with E-state index in [1.54, 1.807) is 24.3 Å². The Morgan fingerprint density at radius 3 is 1.33 bits per heavy atom. The number of carbonyl (C=O) groups is 2. The molecular formula is C30H24N12O4. The van der Waals surface area contributed by atoms with Crippen LogP contribution in [0, 0.1) is 0 Å². The SMILES string of the molecule is Nc1nc(Nc2cccc(C(=O)O)c2)nc(Nc2cccc3cccc(Nc4nc(N)nc(Nc5cccc(C(=O)O)c5)n4)c23)n1. The summed E-state index contributed by atoms with van der Waals surface area (Å²) in [4.78, 5) is 48.2. The van der Waals surface area contributed by atoms with Gasteiger partial charge in [0.25, 0.3) is 0 Å². The van der Waals surface area contributed by atoms with E-state index in [1.807, 2.05) is 36.4 Å². The molecule has 0 aliphatic heterocycles. The topological polar surface area (TPSA) is 252 Å². The lowest BCUT2D eigenvalue weighted by Crippen LogP contribution is -2.08. The van der Waals surface area contributed by atoms with Crippen molar-refractivity contribution in [1.82, 2.24) is 29.9 Å². The number of nitrogens with two attached hydrogens (primary N) is 2. The smallest absolute Gasteiger partial charge is 0.335 e. The van der Waals surface area contributed by atoms with Crippen molar-refractivity contribution >= 4 is 81.2 Å². The van der Waals surface area contributed by atoms with E-state index >= 15 is 0 Å². The first-order valence-electron chi connectivity index (χ1n) is 13.5. The molecule has 0 saturated carbocycles. The monoisotopic (exact) mass is 616 g/mol. The second kappa shape index (κ2) is 12.3. The molecule has 4 aromatic carbocycles. The molecule has 16 nitrogen and oxygen atoms in total. The highest BCUT2D eigenvalue weighted by molar-refractivity contribution is 6.04. The van der Waals surface area contributed by atoms with Crippen LogP contribution in [0.25, 0.3) is 10.8 Å². The van der Waals surface area contributed by atoms with Crippen molar-refractivity contribution in [3.8, 4) is 0 Å². The Morgan fingerprint density at radius 1 is 0.522 bits per heavy atom. The molecule has 0 fully saturated rings. The molecule has 2 heterocycles. The van der Waals surface area contributed by atoms with Gasteiger partial charge in [0.1, 0.15) is 0 Å². The molecule has 0 radical (unpaired) electrons. The van der Waals surface area contributed by atoms with Crippen molar-refractivity contribution in [2.75, 3.05) is 32.7 Å². The lowest BCUT2D eigenvalue weighted by Gasteiger charge is -2.15. The highest BCUT2D eigenvalue weighted by Gasteiger charge is 2.14. The van der Waals surface area contributed by atoms with Crippen LogP contribution >= 0.6 is 0 Å². The molecule has 10 N–H and O–H groups in total. The summed E-state index contributed by atoms with van der Waals surface area (Å²) in [5, 5.41) is 32.5. The van der Waals surface area contributed by atoms with Crippen molar-refractivity contribution in [2.45, 2.75) is 0 Å². The molecule has 0 atom stereocenters. The van der Waals surface area contributed by atoms with Gasteiger partial charge in [0.2, 0.25) is 35.7 Å². The molecule has 0 amide bonds. The number of fused-ring (bicyclic) bond motifs is 1. The third-order valence-corrected chi connectivity index (χ3v) is 6.43. The van der Waals surface area contributed by atoms with Crippen molar-refractivity contribution in [1.29, 1.82) is 0 Å². The first-order valence-corrected chi connectivity index (χ1v) is 13.5. The van der Waals surface area contributed by atoms with Gasteiger partial charge in [0.15, 0.2) is 0 Å². The predicted molar refractivity (Wildman–Crippen MR) is 172 cm³/mol. The third-order valence-electron chi connectivity index (χ3n) is 6.43. The average Bonchev–Trinajstić information content (AvgIpc) is 3.01. The Bertz CT molecular complexity index is 1980. The molecule has 16 heteroatoms. The van der Waals surface area contributed by atoms with E-state index in [2.05, 4.69) is 51.2 Å². The van der Waals surface area contributed by atoms with Crippen molar-refractivity contribution in [3.05, 3.63) is 96.1 Å². The van der Waals surface area contributed by atoms with Gasteiger partial charge in [-0.3, -0.25) is 0 Å². The molecule has 0 saturated heterocycles. The Kier molecular flexibility index (Phi) is 7.72. The van der Waals surface area contributed by atoms with E-state index < -0.39 is 11.9 Å². The predicted octanol–water partition coefficient (Wildman–Crippen LogP) is 4.75. The Balaban J connectivity index is 1.29. The highest BCUT2D eigenvalue weighted by atomic mass is 16.4. The second-order valence-corrected chi connectivity index (χ2v) is 9.66. The molecule has 0 spiro atoms. The first kappa shape index (κ1) is 29.0. The summed E-state index contributed by atoms with van der Waals surface area (Å²) in [6.07, 6.45) is 0. The summed E-state index contributed by atoms with van der Waals surface area (Å²) < 4.78 is 0. The molecule has 0 unspecified atom stereocenters. The fourth-order valence-corrected chi connectivity index (χ4v) is 4.52. The number of nitrogen functional groups attached to an aromatic ring is 2. The van der Waals surface area contributed by atoms with Crippen LogP contribution in [0.4, 0.5) is 58.4 Å². The van der Waals surface area contributed by atoms with E-state index in [9.17, 15) is 19.8 Å². The largest absolute Gasteiger partial charge is 0.478 e. The highest BCUT2D eigenvalue weighted by Crippen LogP contribution is 2.34. The number of carboxylic acids is 2. The molecule has 46 heavy (non-hydrogen) atoms. The number of nitrogens with one attached hydrogen (secondary N) is 4. The standard InChI is InChI=1S/C30H24N12O4/c31-25-37-27(33-18-9-1-7-16(13-18)23(43)44)41-29(39-25)35-20-11-3-5-15-6-4-12-21(22(15)20)36-30-40-26(32)38-28(42-30)34-19-10-2-8-17(14-19)24(45)46/h1-14H,(H,43,44)(H,45,46)(H4,31,33,35,37,39,41)(H4,32,34,36,38,40,42). The van der Waals surface area contributed by atoms with Gasteiger partial charge in [-0.15, -0.1) is 0 Å². The first-order chi connectivity index (χ1) is 22.2. The fraction of sp³-hybridized carbons (Fsp3) is 0. The molecule has 2 aromatic heterocycles. The quantitative estimate of drug-likeness (QED) is 0.103. The van der Waals surface area contributed by atoms with Gasteiger partial charge in [-0.05, 0) is 53.9 Å². The van der Waals surface area contributed by atoms with Gasteiger partial charge < -0.3 is 42.9 Å². The number of hydrogen-bond acceptors (Lipinski definition) is 14. The molecule has 0 aliphatic rings. The van der Waals surface area contributed by atoms with Crippen LogP contribution in [0.1, 0.15) is 20.7 Å². The van der Waals surface area contributed by atoms with E-state index in [4.69, 9.17) is 11.5 Å². The molecule has 6 rings (SSSR count). The molecule has 6 aromatic rings. The van der Waals surface area contributed by atoms with Crippen LogP contribution in [-0.4, -0.2) is 52.1 Å². The number of benzene rings is 4. The van der Waals surface area contributed by atoms with Gasteiger partial charge in [-0.1, -0.05) is 36.4 Å². The lowest BCUT2D eigenvalue weighted by atomic mass is 10.1. The second-order valence-electron chi connectivity index (χ2n) is 9.66. The van der Waals surface area contributed by atoms with Gasteiger partial charge in [0, 0.05) is 16.8 Å². The van der Waals surface area contributed by atoms with Crippen LogP contribution in [0.15, 0.2) is 84.9 Å². The molecule has 228 valence electrons. The third kappa shape index (κ3) is 6.60. The van der Waals surface area contributed by atoms with Gasteiger partial charge in [0.05, 0.1) is 22.5 Å².